The zero-order valence-corrected chi connectivity index (χ0v) is 17.3. The third kappa shape index (κ3) is 5.37. The lowest BCUT2D eigenvalue weighted by molar-refractivity contribution is -0.118. The van der Waals surface area contributed by atoms with E-state index in [4.69, 9.17) is 16.3 Å². The van der Waals surface area contributed by atoms with Gasteiger partial charge in [-0.3, -0.25) is 10.1 Å². The summed E-state index contributed by atoms with van der Waals surface area (Å²) in [5.41, 5.74) is 2.46. The number of hydrogen-bond acceptors (Lipinski definition) is 3. The monoisotopic (exact) mass is 408 g/mol. The molecular weight excluding hydrogens is 384 g/mol. The van der Waals surface area contributed by atoms with Crippen LogP contribution in [0.5, 0.6) is 5.75 Å². The molecule has 150 valence electrons. The van der Waals surface area contributed by atoms with Gasteiger partial charge in [-0.1, -0.05) is 72.3 Å². The van der Waals surface area contributed by atoms with Crippen LogP contribution in [0.4, 0.5) is 5.69 Å². The third-order valence-corrected chi connectivity index (χ3v) is 4.97. The minimum atomic E-state index is -0.558. The van der Waals surface area contributed by atoms with Crippen molar-refractivity contribution in [2.75, 3.05) is 11.9 Å². The van der Waals surface area contributed by atoms with Crippen molar-refractivity contribution in [3.05, 3.63) is 95.0 Å². The van der Waals surface area contributed by atoms with Crippen LogP contribution in [0.25, 0.3) is 0 Å². The Morgan fingerprint density at radius 1 is 0.966 bits per heavy atom. The van der Waals surface area contributed by atoms with Gasteiger partial charge >= 0.3 is 0 Å². The lowest BCUT2D eigenvalue weighted by atomic mass is 10.0. The molecule has 0 radical (unpaired) electrons. The van der Waals surface area contributed by atoms with E-state index >= 15 is 0 Å². The molecule has 3 rings (SSSR count). The third-order valence-electron chi connectivity index (χ3n) is 4.63. The number of para-hydroxylation sites is 2. The molecule has 0 aliphatic carbocycles. The summed E-state index contributed by atoms with van der Waals surface area (Å²) >= 11 is 6.36. The maximum atomic E-state index is 13.3. The number of benzene rings is 3. The summed E-state index contributed by atoms with van der Waals surface area (Å²) in [6.07, 6.45) is 0. The van der Waals surface area contributed by atoms with Crippen LogP contribution in [-0.4, -0.2) is 12.5 Å². The van der Waals surface area contributed by atoms with Crippen LogP contribution in [0.3, 0.4) is 0 Å². The highest BCUT2D eigenvalue weighted by Gasteiger charge is 2.24. The van der Waals surface area contributed by atoms with Crippen LogP contribution in [0.15, 0.2) is 78.9 Å². The fraction of sp³-hybridized carbons (Fsp3) is 0.208. The van der Waals surface area contributed by atoms with Crippen molar-refractivity contribution >= 4 is 23.2 Å². The zero-order valence-electron chi connectivity index (χ0n) is 16.6. The lowest BCUT2D eigenvalue weighted by Gasteiger charge is -2.24. The first-order chi connectivity index (χ1) is 14.1. The minimum Gasteiger partial charge on any atom is -0.492 e. The maximum Gasteiger partial charge on any atom is 0.246 e. The number of carbonyl (C=O) groups is 1. The molecule has 3 aromatic rings. The van der Waals surface area contributed by atoms with E-state index in [-0.39, 0.29) is 11.9 Å². The first-order valence-corrected chi connectivity index (χ1v) is 10.1. The second-order valence-corrected chi connectivity index (χ2v) is 7.08. The second kappa shape index (κ2) is 10.1. The van der Waals surface area contributed by atoms with Gasteiger partial charge in [-0.2, -0.15) is 0 Å². The Balaban J connectivity index is 1.86. The van der Waals surface area contributed by atoms with E-state index in [1.807, 2.05) is 92.7 Å². The van der Waals surface area contributed by atoms with E-state index in [0.29, 0.717) is 23.1 Å². The van der Waals surface area contributed by atoms with Crippen molar-refractivity contribution in [1.82, 2.24) is 5.32 Å². The smallest absolute Gasteiger partial charge is 0.246 e. The first kappa shape index (κ1) is 20.9. The fourth-order valence-electron chi connectivity index (χ4n) is 3.19. The number of halogens is 1. The van der Waals surface area contributed by atoms with Gasteiger partial charge in [-0.15, -0.1) is 0 Å². The molecule has 0 aliphatic heterocycles. The molecule has 5 heteroatoms. The van der Waals surface area contributed by atoms with Crippen molar-refractivity contribution in [1.29, 1.82) is 0 Å². The van der Waals surface area contributed by atoms with Gasteiger partial charge in [0.15, 0.2) is 0 Å². The van der Waals surface area contributed by atoms with Crippen LogP contribution in [0.1, 0.15) is 37.1 Å². The van der Waals surface area contributed by atoms with Crippen molar-refractivity contribution in [3.63, 3.8) is 0 Å². The van der Waals surface area contributed by atoms with Gasteiger partial charge in [0.25, 0.3) is 0 Å². The van der Waals surface area contributed by atoms with E-state index in [1.165, 1.54) is 0 Å². The number of anilines is 1. The van der Waals surface area contributed by atoms with Crippen molar-refractivity contribution in [3.8, 4) is 5.75 Å². The molecule has 0 unspecified atom stereocenters. The Morgan fingerprint density at radius 2 is 1.62 bits per heavy atom. The minimum absolute atomic E-state index is 0.123. The van der Waals surface area contributed by atoms with Gasteiger partial charge in [-0.25, -0.2) is 0 Å². The van der Waals surface area contributed by atoms with Crippen LogP contribution in [0, 0.1) is 0 Å². The Labute approximate surface area is 176 Å². The van der Waals surface area contributed by atoms with Gasteiger partial charge in [0.05, 0.1) is 12.3 Å². The topological polar surface area (TPSA) is 50.4 Å². The summed E-state index contributed by atoms with van der Waals surface area (Å²) in [4.78, 5) is 13.3. The summed E-state index contributed by atoms with van der Waals surface area (Å²) in [5.74, 6) is 0.483. The van der Waals surface area contributed by atoms with E-state index in [1.54, 1.807) is 0 Å². The van der Waals surface area contributed by atoms with Crippen molar-refractivity contribution in [2.24, 2.45) is 0 Å². The molecule has 29 heavy (non-hydrogen) atoms. The van der Waals surface area contributed by atoms with Gasteiger partial charge < -0.3 is 10.1 Å². The molecule has 0 saturated heterocycles. The van der Waals surface area contributed by atoms with Crippen LogP contribution >= 0.6 is 11.6 Å². The molecule has 0 bridgehead atoms. The fourth-order valence-corrected chi connectivity index (χ4v) is 3.49. The molecule has 3 aromatic carbocycles. The normalized spacial score (nSPS) is 12.8. The Kier molecular flexibility index (Phi) is 7.28. The van der Waals surface area contributed by atoms with E-state index in [2.05, 4.69) is 10.6 Å². The summed E-state index contributed by atoms with van der Waals surface area (Å²) in [6.45, 7) is 4.44. The number of ether oxygens (including phenoxy) is 1. The average molecular weight is 409 g/mol. The average Bonchev–Trinajstić information content (AvgIpc) is 2.74. The van der Waals surface area contributed by atoms with Crippen LogP contribution < -0.4 is 15.4 Å². The number of carbonyl (C=O) groups excluding carboxylic acids is 1. The maximum absolute atomic E-state index is 13.3. The van der Waals surface area contributed by atoms with Crippen molar-refractivity contribution < 1.29 is 9.53 Å². The van der Waals surface area contributed by atoms with Gasteiger partial charge in [0, 0.05) is 11.1 Å². The van der Waals surface area contributed by atoms with Crippen molar-refractivity contribution in [2.45, 2.75) is 25.9 Å². The predicted molar refractivity (Wildman–Crippen MR) is 118 cm³/mol. The molecule has 0 aliphatic rings. The quantitative estimate of drug-likeness (QED) is 0.497. The second-order valence-electron chi connectivity index (χ2n) is 6.67. The summed E-state index contributed by atoms with van der Waals surface area (Å²) in [5, 5.41) is 7.10. The SMILES string of the molecule is CCOc1ccccc1NC(=O)[C@H](N[C@@H](C)c1ccccc1Cl)c1ccccc1. The predicted octanol–water partition coefficient (Wildman–Crippen LogP) is 5.77. The molecule has 1 amide bonds. The molecular formula is C24H25ClN2O2. The molecule has 4 nitrogen and oxygen atoms in total. The number of nitrogens with one attached hydrogen (secondary N) is 2. The molecule has 0 saturated carbocycles. The molecule has 0 spiro atoms. The molecule has 0 heterocycles. The Bertz CT molecular complexity index is 946. The standard InChI is InChI=1S/C24H25ClN2O2/c1-3-29-22-16-10-9-15-21(22)27-24(28)23(18-11-5-4-6-12-18)26-17(2)19-13-7-8-14-20(19)25/h4-17,23,26H,3H2,1-2H3,(H,27,28)/t17-,23+/m0/s1. The number of rotatable bonds is 8. The highest BCUT2D eigenvalue weighted by Crippen LogP contribution is 2.28. The number of amides is 1. The summed E-state index contributed by atoms with van der Waals surface area (Å²) < 4.78 is 5.64. The van der Waals surface area contributed by atoms with Gasteiger partial charge in [0.2, 0.25) is 5.91 Å². The van der Waals surface area contributed by atoms with Gasteiger partial charge in [-0.05, 0) is 43.2 Å². The zero-order chi connectivity index (χ0) is 20.6. The van der Waals surface area contributed by atoms with Gasteiger partial charge in [0.1, 0.15) is 11.8 Å². The first-order valence-electron chi connectivity index (χ1n) is 9.68. The molecule has 2 atom stereocenters. The summed E-state index contributed by atoms with van der Waals surface area (Å²) in [6, 6.07) is 24.0. The van der Waals surface area contributed by atoms with E-state index in [9.17, 15) is 4.79 Å². The van der Waals surface area contributed by atoms with Crippen LogP contribution in [-0.2, 0) is 4.79 Å². The number of hydrogen-bond donors (Lipinski definition) is 2. The lowest BCUT2D eigenvalue weighted by Crippen LogP contribution is -2.34. The van der Waals surface area contributed by atoms with E-state index < -0.39 is 6.04 Å². The van der Waals surface area contributed by atoms with E-state index in [0.717, 1.165) is 11.1 Å². The molecule has 0 fully saturated rings. The molecule has 2 N–H and O–H groups in total. The highest BCUT2D eigenvalue weighted by atomic mass is 35.5. The largest absolute Gasteiger partial charge is 0.492 e. The summed E-state index contributed by atoms with van der Waals surface area (Å²) in [7, 11) is 0. The highest BCUT2D eigenvalue weighted by molar-refractivity contribution is 6.31. The Morgan fingerprint density at radius 3 is 2.34 bits per heavy atom. The molecule has 0 aromatic heterocycles. The Hall–Kier alpha value is -2.82. The van der Waals surface area contributed by atoms with Crippen LogP contribution in [0.2, 0.25) is 5.02 Å².